The van der Waals surface area contributed by atoms with Crippen LogP contribution in [-0.2, 0) is 6.18 Å². The van der Waals surface area contributed by atoms with Crippen LogP contribution in [0.5, 0.6) is 11.5 Å². The van der Waals surface area contributed by atoms with E-state index in [1.165, 1.54) is 6.92 Å². The summed E-state index contributed by atoms with van der Waals surface area (Å²) in [5.74, 6) is -2.29. The van der Waals surface area contributed by atoms with Crippen LogP contribution in [0.15, 0.2) is 10.6 Å². The third-order valence-electron chi connectivity index (χ3n) is 2.69. The molecule has 0 saturated heterocycles. The second kappa shape index (κ2) is 5.16. The van der Waals surface area contributed by atoms with E-state index in [1.54, 1.807) is 0 Å². The van der Waals surface area contributed by atoms with Gasteiger partial charge in [0.2, 0.25) is 17.5 Å². The van der Waals surface area contributed by atoms with Gasteiger partial charge in [-0.1, -0.05) is 5.16 Å². The molecule has 0 fully saturated rings. The highest BCUT2D eigenvalue weighted by molar-refractivity contribution is 5.75. The van der Waals surface area contributed by atoms with Gasteiger partial charge in [0, 0.05) is 12.5 Å². The first-order valence-corrected chi connectivity index (χ1v) is 5.63. The molecule has 2 aromatic rings. The highest BCUT2D eigenvalue weighted by Crippen LogP contribution is 2.50. The molecule has 0 spiro atoms. The van der Waals surface area contributed by atoms with Gasteiger partial charge in [0.15, 0.2) is 5.75 Å². The average Bonchev–Trinajstić information content (AvgIpc) is 2.83. The molecule has 0 unspecified atom stereocenters. The summed E-state index contributed by atoms with van der Waals surface area (Å²) in [6.07, 6.45) is -5.13. The summed E-state index contributed by atoms with van der Waals surface area (Å²) in [6, 6.07) is 0.759. The van der Waals surface area contributed by atoms with Crippen LogP contribution in [0.1, 0.15) is 11.5 Å². The first-order valence-electron chi connectivity index (χ1n) is 5.63. The van der Waals surface area contributed by atoms with E-state index in [0.29, 0.717) is 0 Å². The number of nitrogens with zero attached hydrogens (tertiary/aromatic N) is 3. The summed E-state index contributed by atoms with van der Waals surface area (Å²) in [7, 11) is 1.04. The van der Waals surface area contributed by atoms with Crippen molar-refractivity contribution in [2.45, 2.75) is 13.1 Å². The van der Waals surface area contributed by atoms with E-state index in [1.807, 2.05) is 0 Å². The van der Waals surface area contributed by atoms with Crippen LogP contribution in [0, 0.1) is 17.0 Å². The standard InChI is InChI=1S/C11H8F3N3O5/c1-4-15-10(16-22-4)5-3-6(21-2)9(18)8(17(19)20)7(5)11(12,13)14/h3,18H,1-2H3. The maximum absolute atomic E-state index is 13.2. The van der Waals surface area contributed by atoms with E-state index in [-0.39, 0.29) is 5.89 Å². The summed E-state index contributed by atoms with van der Waals surface area (Å²) in [5, 5.41) is 23.9. The van der Waals surface area contributed by atoms with E-state index in [0.717, 1.165) is 13.2 Å². The van der Waals surface area contributed by atoms with Crippen LogP contribution < -0.4 is 4.74 Å². The maximum Gasteiger partial charge on any atom is 0.423 e. The lowest BCUT2D eigenvalue weighted by atomic mass is 10.0. The Morgan fingerprint density at radius 3 is 2.50 bits per heavy atom. The normalized spacial score (nSPS) is 11.5. The Kier molecular flexibility index (Phi) is 3.65. The number of benzene rings is 1. The molecular formula is C11H8F3N3O5. The average molecular weight is 319 g/mol. The van der Waals surface area contributed by atoms with E-state index in [2.05, 4.69) is 19.4 Å². The van der Waals surface area contributed by atoms with Gasteiger partial charge >= 0.3 is 11.9 Å². The predicted molar refractivity (Wildman–Crippen MR) is 64.3 cm³/mol. The number of phenols is 1. The summed E-state index contributed by atoms with van der Waals surface area (Å²) < 4.78 is 49.0. The zero-order chi connectivity index (χ0) is 16.7. The van der Waals surface area contributed by atoms with Gasteiger partial charge in [-0.2, -0.15) is 18.2 Å². The quantitative estimate of drug-likeness (QED) is 0.683. The lowest BCUT2D eigenvalue weighted by molar-refractivity contribution is -0.389. The van der Waals surface area contributed by atoms with Crippen molar-refractivity contribution in [1.29, 1.82) is 0 Å². The fourth-order valence-electron chi connectivity index (χ4n) is 1.84. The Balaban J connectivity index is 2.92. The maximum atomic E-state index is 13.2. The highest BCUT2D eigenvalue weighted by atomic mass is 19.4. The summed E-state index contributed by atoms with van der Waals surface area (Å²) in [6.45, 7) is 1.34. The molecule has 0 bridgehead atoms. The zero-order valence-corrected chi connectivity index (χ0v) is 11.1. The van der Waals surface area contributed by atoms with Crippen molar-refractivity contribution < 1.29 is 32.5 Å². The van der Waals surface area contributed by atoms with Gasteiger partial charge in [-0.05, 0) is 6.07 Å². The van der Waals surface area contributed by atoms with Crippen LogP contribution >= 0.6 is 0 Å². The monoisotopic (exact) mass is 319 g/mol. The topological polar surface area (TPSA) is 112 Å². The number of phenolic OH excluding ortho intramolecular Hbond substituents is 1. The first kappa shape index (κ1) is 15.5. The van der Waals surface area contributed by atoms with E-state index in [9.17, 15) is 28.4 Å². The Labute approximate surface area is 120 Å². The molecule has 0 aliphatic rings. The van der Waals surface area contributed by atoms with Crippen molar-refractivity contribution in [1.82, 2.24) is 10.1 Å². The molecule has 0 amide bonds. The number of alkyl halides is 3. The highest BCUT2D eigenvalue weighted by Gasteiger charge is 2.45. The minimum absolute atomic E-state index is 0.0298. The number of hydrogen-bond donors (Lipinski definition) is 1. The molecule has 2 rings (SSSR count). The molecule has 0 atom stereocenters. The lowest BCUT2D eigenvalue weighted by Crippen LogP contribution is -2.12. The first-order chi connectivity index (χ1) is 10.2. The smallest absolute Gasteiger partial charge is 0.423 e. The minimum atomic E-state index is -5.13. The molecule has 0 aliphatic heterocycles. The Bertz CT molecular complexity index is 741. The summed E-state index contributed by atoms with van der Waals surface area (Å²) >= 11 is 0. The van der Waals surface area contributed by atoms with Crippen LogP contribution in [-0.4, -0.2) is 27.3 Å². The van der Waals surface area contributed by atoms with Gasteiger partial charge in [-0.15, -0.1) is 0 Å². The van der Waals surface area contributed by atoms with E-state index in [4.69, 9.17) is 0 Å². The van der Waals surface area contributed by atoms with E-state index < -0.39 is 45.2 Å². The number of rotatable bonds is 3. The number of aromatic nitrogens is 2. The summed E-state index contributed by atoms with van der Waals surface area (Å²) in [4.78, 5) is 13.2. The van der Waals surface area contributed by atoms with Crippen molar-refractivity contribution in [2.75, 3.05) is 7.11 Å². The van der Waals surface area contributed by atoms with Crippen LogP contribution in [0.3, 0.4) is 0 Å². The van der Waals surface area contributed by atoms with Crippen molar-refractivity contribution >= 4 is 5.69 Å². The van der Waals surface area contributed by atoms with Gasteiger partial charge in [0.25, 0.3) is 0 Å². The molecule has 1 heterocycles. The van der Waals surface area contributed by atoms with Crippen LogP contribution in [0.2, 0.25) is 0 Å². The molecule has 1 aromatic heterocycles. The molecule has 8 nitrogen and oxygen atoms in total. The minimum Gasteiger partial charge on any atom is -0.500 e. The second-order valence-electron chi connectivity index (χ2n) is 4.09. The third-order valence-corrected chi connectivity index (χ3v) is 2.69. The Morgan fingerprint density at radius 1 is 1.45 bits per heavy atom. The molecule has 0 aliphatic carbocycles. The fourth-order valence-corrected chi connectivity index (χ4v) is 1.84. The largest absolute Gasteiger partial charge is 0.500 e. The van der Waals surface area contributed by atoms with Gasteiger partial charge in [-0.25, -0.2) is 0 Å². The van der Waals surface area contributed by atoms with Crippen molar-refractivity contribution in [2.24, 2.45) is 0 Å². The predicted octanol–water partition coefficient (Wildman–Crippen LogP) is 2.69. The lowest BCUT2D eigenvalue weighted by Gasteiger charge is -2.14. The third kappa shape index (κ3) is 2.52. The van der Waals surface area contributed by atoms with Gasteiger partial charge in [-0.3, -0.25) is 10.1 Å². The number of ether oxygens (including phenoxy) is 1. The molecular weight excluding hydrogens is 311 g/mol. The van der Waals surface area contributed by atoms with Gasteiger partial charge in [0.1, 0.15) is 5.56 Å². The van der Waals surface area contributed by atoms with Crippen molar-refractivity contribution in [3.8, 4) is 22.9 Å². The van der Waals surface area contributed by atoms with E-state index >= 15 is 0 Å². The van der Waals surface area contributed by atoms with Crippen molar-refractivity contribution in [3.05, 3.63) is 27.6 Å². The number of methoxy groups -OCH3 is 1. The molecule has 22 heavy (non-hydrogen) atoms. The Morgan fingerprint density at radius 2 is 2.09 bits per heavy atom. The number of hydrogen-bond acceptors (Lipinski definition) is 7. The number of aromatic hydroxyl groups is 1. The Hall–Kier alpha value is -2.85. The van der Waals surface area contributed by atoms with Gasteiger partial charge < -0.3 is 14.4 Å². The van der Waals surface area contributed by atoms with Crippen LogP contribution in [0.4, 0.5) is 18.9 Å². The zero-order valence-electron chi connectivity index (χ0n) is 11.1. The van der Waals surface area contributed by atoms with Crippen molar-refractivity contribution in [3.63, 3.8) is 0 Å². The molecule has 0 radical (unpaired) electrons. The molecule has 1 aromatic carbocycles. The molecule has 0 saturated carbocycles. The molecule has 1 N–H and O–H groups in total. The number of nitro groups is 1. The molecule has 11 heteroatoms. The fraction of sp³-hybridized carbons (Fsp3) is 0.273. The SMILES string of the molecule is COc1cc(-c2noc(C)n2)c(C(F)(F)F)c([N+](=O)[O-])c1O. The number of halogens is 3. The second-order valence-corrected chi connectivity index (χ2v) is 4.09. The number of aryl methyl sites for hydroxylation is 1. The number of nitro benzene ring substituents is 1. The molecule has 118 valence electrons. The van der Waals surface area contributed by atoms with Gasteiger partial charge in [0.05, 0.1) is 12.0 Å². The summed E-state index contributed by atoms with van der Waals surface area (Å²) in [5.41, 5.74) is -3.95. The van der Waals surface area contributed by atoms with Crippen LogP contribution in [0.25, 0.3) is 11.4 Å².